The Balaban J connectivity index is 1.34. The van der Waals surface area contributed by atoms with Gasteiger partial charge in [0.1, 0.15) is 18.9 Å². The summed E-state index contributed by atoms with van der Waals surface area (Å²) in [6, 6.07) is 9.23. The SMILES string of the molecule is O=C(NCCN1CCOCC1)c1cc(Nc2ccc3c(c2)OCCO3)ccn1. The van der Waals surface area contributed by atoms with Gasteiger partial charge < -0.3 is 24.8 Å². The van der Waals surface area contributed by atoms with Crippen molar-refractivity contribution in [2.45, 2.75) is 0 Å². The van der Waals surface area contributed by atoms with Gasteiger partial charge in [-0.15, -0.1) is 0 Å². The van der Waals surface area contributed by atoms with Crippen molar-refractivity contribution in [1.82, 2.24) is 15.2 Å². The molecule has 1 fully saturated rings. The predicted octanol–water partition coefficient (Wildman–Crippen LogP) is 1.66. The number of benzene rings is 1. The molecule has 28 heavy (non-hydrogen) atoms. The maximum atomic E-state index is 12.4. The van der Waals surface area contributed by atoms with E-state index in [0.29, 0.717) is 31.2 Å². The van der Waals surface area contributed by atoms with Gasteiger partial charge in [-0.05, 0) is 24.3 Å². The topological polar surface area (TPSA) is 85.0 Å². The monoisotopic (exact) mass is 384 g/mol. The van der Waals surface area contributed by atoms with Gasteiger partial charge >= 0.3 is 0 Å². The number of carbonyl (C=O) groups is 1. The van der Waals surface area contributed by atoms with Crippen LogP contribution in [0.1, 0.15) is 10.5 Å². The maximum absolute atomic E-state index is 12.4. The molecule has 1 aromatic heterocycles. The minimum absolute atomic E-state index is 0.181. The summed E-state index contributed by atoms with van der Waals surface area (Å²) < 4.78 is 16.5. The van der Waals surface area contributed by atoms with E-state index >= 15 is 0 Å². The molecule has 2 aliphatic rings. The zero-order chi connectivity index (χ0) is 19.2. The first-order valence-electron chi connectivity index (χ1n) is 9.49. The highest BCUT2D eigenvalue weighted by molar-refractivity contribution is 5.93. The molecule has 0 unspecified atom stereocenters. The summed E-state index contributed by atoms with van der Waals surface area (Å²) in [5, 5.41) is 6.21. The number of ether oxygens (including phenoxy) is 3. The molecule has 1 aromatic carbocycles. The van der Waals surface area contributed by atoms with Crippen LogP contribution >= 0.6 is 0 Å². The van der Waals surface area contributed by atoms with Gasteiger partial charge in [-0.2, -0.15) is 0 Å². The summed E-state index contributed by atoms with van der Waals surface area (Å²) in [5.74, 6) is 1.28. The number of hydrogen-bond donors (Lipinski definition) is 2. The normalized spacial score (nSPS) is 16.4. The van der Waals surface area contributed by atoms with Crippen LogP contribution in [0.15, 0.2) is 36.5 Å². The Kier molecular flexibility index (Phi) is 5.89. The molecule has 0 spiro atoms. The first-order valence-corrected chi connectivity index (χ1v) is 9.49. The van der Waals surface area contributed by atoms with E-state index in [1.807, 2.05) is 24.3 Å². The molecule has 1 saturated heterocycles. The fourth-order valence-corrected chi connectivity index (χ4v) is 3.16. The molecule has 2 aliphatic heterocycles. The second-order valence-electron chi connectivity index (χ2n) is 6.62. The number of morpholine rings is 1. The molecule has 3 heterocycles. The third-order valence-electron chi connectivity index (χ3n) is 4.64. The van der Waals surface area contributed by atoms with E-state index in [2.05, 4.69) is 20.5 Å². The molecule has 0 bridgehead atoms. The van der Waals surface area contributed by atoms with Crippen LogP contribution in [-0.2, 0) is 4.74 Å². The van der Waals surface area contributed by atoms with E-state index < -0.39 is 0 Å². The van der Waals surface area contributed by atoms with Crippen molar-refractivity contribution in [2.75, 3.05) is 57.9 Å². The van der Waals surface area contributed by atoms with Crippen molar-refractivity contribution in [3.05, 3.63) is 42.2 Å². The van der Waals surface area contributed by atoms with Crippen LogP contribution in [-0.4, -0.2) is 68.4 Å². The highest BCUT2D eigenvalue weighted by Crippen LogP contribution is 2.33. The van der Waals surface area contributed by atoms with Gasteiger partial charge in [-0.1, -0.05) is 0 Å². The molecule has 2 aromatic rings. The fraction of sp³-hybridized carbons (Fsp3) is 0.400. The second kappa shape index (κ2) is 8.90. The number of rotatable bonds is 6. The second-order valence-corrected chi connectivity index (χ2v) is 6.62. The third-order valence-corrected chi connectivity index (χ3v) is 4.64. The highest BCUT2D eigenvalue weighted by atomic mass is 16.6. The number of fused-ring (bicyclic) bond motifs is 1. The van der Waals surface area contributed by atoms with E-state index in [1.165, 1.54) is 0 Å². The molecular formula is C20H24N4O4. The van der Waals surface area contributed by atoms with Crippen molar-refractivity contribution in [3.63, 3.8) is 0 Å². The number of aromatic nitrogens is 1. The lowest BCUT2D eigenvalue weighted by Crippen LogP contribution is -2.41. The van der Waals surface area contributed by atoms with E-state index in [0.717, 1.165) is 50.0 Å². The molecule has 0 radical (unpaired) electrons. The number of carbonyl (C=O) groups excluding carboxylic acids is 1. The Labute approximate surface area is 163 Å². The van der Waals surface area contributed by atoms with Gasteiger partial charge in [-0.25, -0.2) is 0 Å². The first kappa shape index (κ1) is 18.5. The Morgan fingerprint density at radius 1 is 1.00 bits per heavy atom. The quantitative estimate of drug-likeness (QED) is 0.783. The molecule has 148 valence electrons. The lowest BCUT2D eigenvalue weighted by Gasteiger charge is -2.26. The van der Waals surface area contributed by atoms with Crippen molar-refractivity contribution in [1.29, 1.82) is 0 Å². The number of anilines is 2. The van der Waals surface area contributed by atoms with Gasteiger partial charge in [-0.3, -0.25) is 14.7 Å². The summed E-state index contributed by atoms with van der Waals surface area (Å²) in [6.07, 6.45) is 1.62. The van der Waals surface area contributed by atoms with E-state index in [-0.39, 0.29) is 5.91 Å². The number of hydrogen-bond acceptors (Lipinski definition) is 7. The summed E-state index contributed by atoms with van der Waals surface area (Å²) in [7, 11) is 0. The van der Waals surface area contributed by atoms with E-state index in [1.54, 1.807) is 12.3 Å². The van der Waals surface area contributed by atoms with Gasteiger partial charge in [0.15, 0.2) is 11.5 Å². The lowest BCUT2D eigenvalue weighted by molar-refractivity contribution is 0.0383. The van der Waals surface area contributed by atoms with Crippen LogP contribution in [0.3, 0.4) is 0 Å². The lowest BCUT2D eigenvalue weighted by atomic mass is 10.2. The van der Waals surface area contributed by atoms with Gasteiger partial charge in [0, 0.05) is 49.8 Å². The summed E-state index contributed by atoms with van der Waals surface area (Å²) >= 11 is 0. The van der Waals surface area contributed by atoms with Crippen LogP contribution in [0.5, 0.6) is 11.5 Å². The summed E-state index contributed by atoms with van der Waals surface area (Å²) in [5.41, 5.74) is 2.02. The number of nitrogens with one attached hydrogen (secondary N) is 2. The minimum atomic E-state index is -0.181. The number of amides is 1. The standard InChI is InChI=1S/C20H24N4O4/c25-20(22-5-6-24-7-9-26-10-8-24)17-13-16(3-4-21-17)23-15-1-2-18-19(14-15)28-12-11-27-18/h1-4,13-14H,5-12H2,(H,21,23)(H,22,25). The van der Waals surface area contributed by atoms with Gasteiger partial charge in [0.2, 0.25) is 0 Å². The van der Waals surface area contributed by atoms with Crippen LogP contribution < -0.4 is 20.1 Å². The van der Waals surface area contributed by atoms with Crippen molar-refractivity contribution < 1.29 is 19.0 Å². The largest absolute Gasteiger partial charge is 0.486 e. The summed E-state index contributed by atoms with van der Waals surface area (Å²) in [4.78, 5) is 18.9. The van der Waals surface area contributed by atoms with Crippen molar-refractivity contribution >= 4 is 17.3 Å². The van der Waals surface area contributed by atoms with Crippen LogP contribution in [0, 0.1) is 0 Å². The van der Waals surface area contributed by atoms with Crippen LogP contribution in [0.4, 0.5) is 11.4 Å². The molecule has 1 amide bonds. The third kappa shape index (κ3) is 4.71. The van der Waals surface area contributed by atoms with Gasteiger partial charge in [0.25, 0.3) is 5.91 Å². The molecular weight excluding hydrogens is 360 g/mol. The average Bonchev–Trinajstić information content (AvgIpc) is 2.74. The molecule has 0 atom stereocenters. The smallest absolute Gasteiger partial charge is 0.269 e. The number of nitrogens with zero attached hydrogens (tertiary/aromatic N) is 2. The Bertz CT molecular complexity index is 824. The molecule has 0 aliphatic carbocycles. The maximum Gasteiger partial charge on any atom is 0.269 e. The molecule has 8 heteroatoms. The Hall–Kier alpha value is -2.84. The predicted molar refractivity (Wildman–Crippen MR) is 105 cm³/mol. The Morgan fingerprint density at radius 2 is 1.79 bits per heavy atom. The Morgan fingerprint density at radius 3 is 2.64 bits per heavy atom. The minimum Gasteiger partial charge on any atom is -0.486 e. The van der Waals surface area contributed by atoms with Crippen molar-refractivity contribution in [2.24, 2.45) is 0 Å². The number of pyridine rings is 1. The molecule has 0 saturated carbocycles. The molecule has 8 nitrogen and oxygen atoms in total. The van der Waals surface area contributed by atoms with Gasteiger partial charge in [0.05, 0.1) is 13.2 Å². The molecule has 2 N–H and O–H groups in total. The van der Waals surface area contributed by atoms with E-state index in [9.17, 15) is 4.79 Å². The average molecular weight is 384 g/mol. The van der Waals surface area contributed by atoms with Crippen molar-refractivity contribution in [3.8, 4) is 11.5 Å². The van der Waals surface area contributed by atoms with Crippen LogP contribution in [0.25, 0.3) is 0 Å². The summed E-state index contributed by atoms with van der Waals surface area (Å²) in [6.45, 7) is 5.82. The fourth-order valence-electron chi connectivity index (χ4n) is 3.16. The zero-order valence-electron chi connectivity index (χ0n) is 15.6. The first-order chi connectivity index (χ1) is 13.8. The van der Waals surface area contributed by atoms with E-state index in [4.69, 9.17) is 14.2 Å². The zero-order valence-corrected chi connectivity index (χ0v) is 15.6. The molecule has 4 rings (SSSR count). The van der Waals surface area contributed by atoms with Crippen LogP contribution in [0.2, 0.25) is 0 Å². The highest BCUT2D eigenvalue weighted by Gasteiger charge is 2.13.